The van der Waals surface area contributed by atoms with E-state index in [9.17, 15) is 0 Å². The third-order valence-electron chi connectivity index (χ3n) is 8.58. The summed E-state index contributed by atoms with van der Waals surface area (Å²) in [4.78, 5) is 0. The van der Waals surface area contributed by atoms with E-state index >= 15 is 0 Å². The summed E-state index contributed by atoms with van der Waals surface area (Å²) in [5.41, 5.74) is 1.88. The maximum atomic E-state index is 6.91. The summed E-state index contributed by atoms with van der Waals surface area (Å²) in [5.74, 6) is 2.37. The van der Waals surface area contributed by atoms with E-state index in [1.807, 2.05) is 140 Å². The highest BCUT2D eigenvalue weighted by molar-refractivity contribution is 6.57. The maximum Gasteiger partial charge on any atom is 0.777 e. The minimum atomic E-state index is -2.93. The van der Waals surface area contributed by atoms with Crippen molar-refractivity contribution < 1.29 is 18.6 Å². The van der Waals surface area contributed by atoms with Gasteiger partial charge in [-0.05, 0) is 79.5 Å². The first-order chi connectivity index (χ1) is 26.2. The van der Waals surface area contributed by atoms with E-state index in [-0.39, 0.29) is 0 Å². The van der Waals surface area contributed by atoms with Gasteiger partial charge in [-0.1, -0.05) is 177 Å². The fourth-order valence-electron chi connectivity index (χ4n) is 6.49. The predicted molar refractivity (Wildman–Crippen MR) is 228 cm³/mol. The quantitative estimate of drug-likeness (QED) is 0.171. The molecule has 0 aliphatic carbocycles. The second-order valence-electron chi connectivity index (χ2n) is 11.4. The first-order valence-electron chi connectivity index (χ1n) is 19.1. The lowest BCUT2D eigenvalue weighted by Gasteiger charge is -2.40. The van der Waals surface area contributed by atoms with Crippen LogP contribution in [-0.4, -0.2) is 6.96 Å². The lowest BCUT2D eigenvalue weighted by molar-refractivity contribution is 0.164. The Kier molecular flexibility index (Phi) is 13.0. The van der Waals surface area contributed by atoms with Crippen LogP contribution in [-0.2, 0) is 0 Å². The third-order valence-corrected chi connectivity index (χ3v) is 8.58. The Morgan fingerprint density at radius 1 is 0.340 bits per heavy atom. The zero-order valence-corrected chi connectivity index (χ0v) is 32.2. The molecule has 1 aliphatic heterocycles. The van der Waals surface area contributed by atoms with Crippen molar-refractivity contribution in [1.82, 2.24) is 0 Å². The number of rotatable bonds is 4. The van der Waals surface area contributed by atoms with Gasteiger partial charge in [0.1, 0.15) is 0 Å². The highest BCUT2D eigenvalue weighted by Crippen LogP contribution is 2.49. The van der Waals surface area contributed by atoms with Crippen LogP contribution in [0.15, 0.2) is 158 Å². The van der Waals surface area contributed by atoms with Crippen molar-refractivity contribution in [3.63, 3.8) is 0 Å². The Morgan fingerprint density at radius 2 is 0.660 bits per heavy atom. The topological polar surface area (TPSA) is 36.9 Å². The second-order valence-corrected chi connectivity index (χ2v) is 11.4. The summed E-state index contributed by atoms with van der Waals surface area (Å²) in [6.45, 7) is 13.1. The smallest absolute Gasteiger partial charge is 0.611 e. The monoisotopic (exact) mass is 701 g/mol. The van der Waals surface area contributed by atoms with Crippen LogP contribution in [0.25, 0.3) is 54.2 Å². The fourth-order valence-corrected chi connectivity index (χ4v) is 6.49. The molecule has 0 spiro atoms. The molecule has 1 heterocycles. The van der Waals surface area contributed by atoms with Crippen LogP contribution < -0.4 is 18.6 Å². The van der Waals surface area contributed by atoms with Gasteiger partial charge in [0.25, 0.3) is 0 Å². The Balaban J connectivity index is 0.000000637. The molecule has 0 unspecified atom stereocenters. The number of hydrogen-bond donors (Lipinski definition) is 0. The Bertz CT molecular complexity index is 2250. The molecule has 270 valence electrons. The molecule has 0 bridgehead atoms. The lowest BCUT2D eigenvalue weighted by atomic mass is 9.92. The van der Waals surface area contributed by atoms with Gasteiger partial charge in [0, 0.05) is 11.1 Å². The number of fused-ring (bicyclic) bond motifs is 9. The molecule has 0 atom stereocenters. The molecule has 0 saturated carbocycles. The van der Waals surface area contributed by atoms with Crippen molar-refractivity contribution in [3.8, 4) is 34.1 Å². The molecule has 5 heteroatoms. The molecule has 0 aromatic heterocycles. The summed E-state index contributed by atoms with van der Waals surface area (Å²) >= 11 is 0. The molecule has 0 fully saturated rings. The average Bonchev–Trinajstić information content (AvgIpc) is 3.38. The van der Waals surface area contributed by atoms with Crippen LogP contribution in [0.3, 0.4) is 0 Å². The summed E-state index contributed by atoms with van der Waals surface area (Å²) in [7, 11) is 0. The molecular formula is C48H50BO4-. The molecule has 9 rings (SSSR count). The minimum absolute atomic E-state index is 0.570. The number of hydrogen-bond acceptors (Lipinski definition) is 4. The van der Waals surface area contributed by atoms with Crippen molar-refractivity contribution in [3.05, 3.63) is 158 Å². The standard InChI is InChI=1S/C40H26BO4.4C2H6/c1-3-13-31-25-33(21-17-27(31)9-1)42-41(43-34-22-18-28-10-2-4-14-32(28)26-34)44-37-23-19-29-11-5-7-15-35(29)39(37)40-36-16-8-6-12-30(36)20-24-38(40)45-41;4*1-2/h1-26H;4*1-2H3/q-1;;;;. The van der Waals surface area contributed by atoms with Gasteiger partial charge in [0.15, 0.2) is 0 Å². The second kappa shape index (κ2) is 18.0. The molecular weight excluding hydrogens is 651 g/mol. The molecule has 0 saturated heterocycles. The van der Waals surface area contributed by atoms with E-state index < -0.39 is 6.96 Å². The van der Waals surface area contributed by atoms with E-state index in [0.29, 0.717) is 23.0 Å². The summed E-state index contributed by atoms with van der Waals surface area (Å²) in [6.07, 6.45) is 0. The largest absolute Gasteiger partial charge is 0.777 e. The van der Waals surface area contributed by atoms with Gasteiger partial charge in [0.2, 0.25) is 0 Å². The van der Waals surface area contributed by atoms with Crippen LogP contribution in [0, 0.1) is 0 Å². The first kappa shape index (κ1) is 38.3. The molecule has 4 nitrogen and oxygen atoms in total. The lowest BCUT2D eigenvalue weighted by Crippen LogP contribution is -2.60. The fraction of sp³-hybridized carbons (Fsp3) is 0.167. The van der Waals surface area contributed by atoms with Crippen molar-refractivity contribution in [2.24, 2.45) is 0 Å². The van der Waals surface area contributed by atoms with Crippen LogP contribution in [0.4, 0.5) is 0 Å². The highest BCUT2D eigenvalue weighted by atomic mass is 16.9. The van der Waals surface area contributed by atoms with Crippen LogP contribution in [0.5, 0.6) is 23.0 Å². The molecule has 8 aromatic carbocycles. The van der Waals surface area contributed by atoms with E-state index in [1.165, 1.54) is 0 Å². The molecule has 1 aliphatic rings. The van der Waals surface area contributed by atoms with Gasteiger partial charge >= 0.3 is 6.96 Å². The normalized spacial score (nSPS) is 11.8. The van der Waals surface area contributed by atoms with E-state index in [4.69, 9.17) is 18.6 Å². The summed E-state index contributed by atoms with van der Waals surface area (Å²) in [6, 6.07) is 53.0. The van der Waals surface area contributed by atoms with Gasteiger partial charge in [-0.3, -0.25) is 0 Å². The maximum absolute atomic E-state index is 6.91. The van der Waals surface area contributed by atoms with Gasteiger partial charge in [0.05, 0.1) is 23.0 Å². The average molecular weight is 702 g/mol. The Hall–Kier alpha value is -5.94. The number of benzene rings is 8. The molecule has 0 radical (unpaired) electrons. The minimum Gasteiger partial charge on any atom is -0.611 e. The van der Waals surface area contributed by atoms with Crippen molar-refractivity contribution in [2.75, 3.05) is 0 Å². The van der Waals surface area contributed by atoms with E-state index in [1.54, 1.807) is 0 Å². The van der Waals surface area contributed by atoms with Gasteiger partial charge in [-0.15, -0.1) is 0 Å². The van der Waals surface area contributed by atoms with Crippen molar-refractivity contribution >= 4 is 50.0 Å². The predicted octanol–water partition coefficient (Wildman–Crippen LogP) is 14.4. The summed E-state index contributed by atoms with van der Waals surface area (Å²) < 4.78 is 27.4. The van der Waals surface area contributed by atoms with E-state index in [2.05, 4.69) is 72.8 Å². The highest BCUT2D eigenvalue weighted by Gasteiger charge is 2.46. The van der Waals surface area contributed by atoms with Crippen molar-refractivity contribution in [1.29, 1.82) is 0 Å². The van der Waals surface area contributed by atoms with Gasteiger partial charge < -0.3 is 18.6 Å². The van der Waals surface area contributed by atoms with Gasteiger partial charge in [-0.25, -0.2) is 0 Å². The first-order valence-corrected chi connectivity index (χ1v) is 19.1. The molecule has 0 amide bonds. The van der Waals surface area contributed by atoms with Gasteiger partial charge in [-0.2, -0.15) is 0 Å². The van der Waals surface area contributed by atoms with Crippen LogP contribution in [0.1, 0.15) is 55.4 Å². The third kappa shape index (κ3) is 7.95. The van der Waals surface area contributed by atoms with Crippen molar-refractivity contribution in [2.45, 2.75) is 55.4 Å². The molecule has 0 N–H and O–H groups in total. The summed E-state index contributed by atoms with van der Waals surface area (Å²) in [5, 5.41) is 8.61. The van der Waals surface area contributed by atoms with E-state index in [0.717, 1.165) is 54.2 Å². The zero-order valence-electron chi connectivity index (χ0n) is 32.2. The van der Waals surface area contributed by atoms with Crippen LogP contribution in [0.2, 0.25) is 0 Å². The van der Waals surface area contributed by atoms with Crippen LogP contribution >= 0.6 is 0 Å². The Morgan fingerprint density at radius 3 is 1.06 bits per heavy atom. The Labute approximate surface area is 315 Å². The molecule has 53 heavy (non-hydrogen) atoms. The SMILES string of the molecule is CC.CC.CC.CC.c1ccc2cc(O[B-]3(Oc4ccc5ccccc5c4)Oc4ccc5ccccc5c4-c4c(ccc5ccccc45)O3)ccc2c1. The zero-order chi connectivity index (χ0) is 37.8. The molecule has 8 aromatic rings.